The first-order chi connectivity index (χ1) is 5.13. The molecule has 0 aliphatic rings. The molecule has 0 fully saturated rings. The smallest absolute Gasteiger partial charge is 1.00 e. The summed E-state index contributed by atoms with van der Waals surface area (Å²) in [4.78, 5) is 3.88. The average molecular weight is 163 g/mol. The van der Waals surface area contributed by atoms with E-state index in [0.29, 0.717) is 0 Å². The molecule has 0 unspecified atom stereocenters. The molecule has 1 aromatic rings. The Morgan fingerprint density at radius 3 is 2.08 bits per heavy atom. The van der Waals surface area contributed by atoms with Crippen molar-refractivity contribution in [2.24, 2.45) is 0 Å². The van der Waals surface area contributed by atoms with Gasteiger partial charge in [0.2, 0.25) is 0 Å². The van der Waals surface area contributed by atoms with Crippen LogP contribution >= 0.6 is 0 Å². The van der Waals surface area contributed by atoms with E-state index in [9.17, 15) is 0 Å². The zero-order chi connectivity index (χ0) is 8.69. The van der Waals surface area contributed by atoms with Gasteiger partial charge >= 0.3 is 26.2 Å². The summed E-state index contributed by atoms with van der Waals surface area (Å²) in [6.07, 6.45) is 3.60. The van der Waals surface area contributed by atoms with E-state index in [1.807, 2.05) is 25.3 Å². The van der Waals surface area contributed by atoms with Gasteiger partial charge in [0.1, 0.15) is 0 Å². The van der Waals surface area contributed by atoms with Gasteiger partial charge in [-0.25, -0.2) is 0 Å². The monoisotopic (exact) mass is 163 g/mol. The van der Waals surface area contributed by atoms with Crippen LogP contribution in [0.25, 0.3) is 0 Å². The van der Waals surface area contributed by atoms with Crippen molar-refractivity contribution < 1.29 is 35.4 Å². The van der Waals surface area contributed by atoms with Crippen LogP contribution in [0.4, 0.5) is 0 Å². The van der Waals surface area contributed by atoms with Gasteiger partial charge in [-0.3, -0.25) is 4.98 Å². The number of hydrogen-bond donors (Lipinski definition) is 3. The average Bonchev–Trinajstić information content (AvgIpc) is 1.87. The Bertz CT molecular complexity index is 188. The van der Waals surface area contributed by atoms with Crippen LogP contribution in [0.15, 0.2) is 24.5 Å². The van der Waals surface area contributed by atoms with Crippen LogP contribution in [0.2, 0.25) is 0 Å². The Kier molecular flexibility index (Phi) is 10.4. The molecule has 0 amide bonds. The molecule has 0 aromatic carbocycles. The minimum atomic E-state index is -2.17. The zero-order valence-corrected chi connectivity index (χ0v) is 7.18. The number of rotatable bonds is 0. The SMILES string of the molecule is Cc1cccnc1.OB(O)O.[H-].[Li+]. The van der Waals surface area contributed by atoms with Gasteiger partial charge < -0.3 is 16.5 Å². The molecule has 62 valence electrons. The molecule has 0 atom stereocenters. The van der Waals surface area contributed by atoms with Crippen molar-refractivity contribution in [1.29, 1.82) is 0 Å². The van der Waals surface area contributed by atoms with E-state index in [2.05, 4.69) is 4.98 Å². The van der Waals surface area contributed by atoms with Crippen LogP contribution in [0.1, 0.15) is 6.99 Å². The van der Waals surface area contributed by atoms with Gasteiger partial charge in [-0.15, -0.1) is 0 Å². The van der Waals surface area contributed by atoms with Crippen LogP contribution in [0, 0.1) is 6.92 Å². The van der Waals surface area contributed by atoms with Crippen molar-refractivity contribution >= 4 is 7.32 Å². The second-order valence-electron chi connectivity index (χ2n) is 1.88. The molecule has 0 bridgehead atoms. The van der Waals surface area contributed by atoms with E-state index in [-0.39, 0.29) is 20.3 Å². The molecule has 0 saturated carbocycles. The summed E-state index contributed by atoms with van der Waals surface area (Å²) in [5.74, 6) is 0. The Balaban J connectivity index is -0.000000150. The molecule has 3 N–H and O–H groups in total. The molecule has 0 aliphatic heterocycles. The number of pyridine rings is 1. The van der Waals surface area contributed by atoms with Crippen LogP contribution in [0.5, 0.6) is 0 Å². The standard InChI is InChI=1S/C6H7N.BH3O3.Li.H/c1-6-3-2-4-7-5-6;2-1(3)4;;/h2-5H,1H3;2-4H;;/q;;+1;-1. The number of aromatic nitrogens is 1. The van der Waals surface area contributed by atoms with E-state index in [1.54, 1.807) is 6.20 Å². The maximum atomic E-state index is 7.17. The third-order valence-electron chi connectivity index (χ3n) is 0.809. The number of aryl methyl sites for hydroxylation is 1. The van der Waals surface area contributed by atoms with Crippen molar-refractivity contribution in [2.75, 3.05) is 0 Å². The Labute approximate surface area is 85.1 Å². The molecular formula is C6H11BLiNO3. The Morgan fingerprint density at radius 2 is 1.92 bits per heavy atom. The molecule has 6 heteroatoms. The molecule has 0 spiro atoms. The van der Waals surface area contributed by atoms with Crippen molar-refractivity contribution in [1.82, 2.24) is 4.98 Å². The summed E-state index contributed by atoms with van der Waals surface area (Å²) in [5, 5.41) is 21.5. The van der Waals surface area contributed by atoms with Gasteiger partial charge in [-0.2, -0.15) is 0 Å². The van der Waals surface area contributed by atoms with E-state index >= 15 is 0 Å². The third kappa shape index (κ3) is 12.4. The molecule has 0 radical (unpaired) electrons. The van der Waals surface area contributed by atoms with Gasteiger partial charge in [0.15, 0.2) is 0 Å². The zero-order valence-electron chi connectivity index (χ0n) is 8.18. The summed E-state index contributed by atoms with van der Waals surface area (Å²) in [7, 11) is -2.17. The molecule has 1 rings (SSSR count). The minimum absolute atomic E-state index is 0. The first kappa shape index (κ1) is 14.2. The van der Waals surface area contributed by atoms with Crippen LogP contribution in [-0.2, 0) is 0 Å². The van der Waals surface area contributed by atoms with Gasteiger partial charge in [-0.1, -0.05) is 6.07 Å². The maximum absolute atomic E-state index is 7.17. The summed E-state index contributed by atoms with van der Waals surface area (Å²) < 4.78 is 0. The number of hydrogen-bond acceptors (Lipinski definition) is 4. The predicted octanol–water partition coefficient (Wildman–Crippen LogP) is -3.55. The molecule has 12 heavy (non-hydrogen) atoms. The van der Waals surface area contributed by atoms with Crippen LogP contribution in [-0.4, -0.2) is 27.4 Å². The van der Waals surface area contributed by atoms with Crippen molar-refractivity contribution in [3.05, 3.63) is 30.1 Å². The Morgan fingerprint density at radius 1 is 1.42 bits per heavy atom. The van der Waals surface area contributed by atoms with Gasteiger partial charge in [0, 0.05) is 12.4 Å². The largest absolute Gasteiger partial charge is 1.00 e. The van der Waals surface area contributed by atoms with E-state index in [0.717, 1.165) is 0 Å². The summed E-state index contributed by atoms with van der Waals surface area (Å²) >= 11 is 0. The van der Waals surface area contributed by atoms with Crippen LogP contribution < -0.4 is 18.9 Å². The molecule has 4 nitrogen and oxygen atoms in total. The normalized spacial score (nSPS) is 7.33. The predicted molar refractivity (Wildman–Crippen MR) is 42.5 cm³/mol. The fourth-order valence-electron chi connectivity index (χ4n) is 0.448. The fraction of sp³-hybridized carbons (Fsp3) is 0.167. The van der Waals surface area contributed by atoms with E-state index in [4.69, 9.17) is 15.1 Å². The van der Waals surface area contributed by atoms with Gasteiger partial charge in [0.05, 0.1) is 0 Å². The maximum Gasteiger partial charge on any atom is 1.00 e. The van der Waals surface area contributed by atoms with Crippen molar-refractivity contribution in [3.63, 3.8) is 0 Å². The molecule has 0 aliphatic carbocycles. The molecule has 1 heterocycles. The quantitative estimate of drug-likeness (QED) is 0.346. The molecule has 1 aromatic heterocycles. The first-order valence-corrected chi connectivity index (χ1v) is 3.04. The summed E-state index contributed by atoms with van der Waals surface area (Å²) in [6, 6.07) is 3.95. The van der Waals surface area contributed by atoms with Crippen LogP contribution in [0.3, 0.4) is 0 Å². The number of nitrogens with zero attached hydrogens (tertiary/aromatic N) is 1. The summed E-state index contributed by atoms with van der Waals surface area (Å²) in [5.41, 5.74) is 1.21. The second-order valence-corrected chi connectivity index (χ2v) is 1.88. The van der Waals surface area contributed by atoms with E-state index in [1.165, 1.54) is 5.56 Å². The van der Waals surface area contributed by atoms with Gasteiger partial charge in [0.25, 0.3) is 0 Å². The topological polar surface area (TPSA) is 73.6 Å². The minimum Gasteiger partial charge on any atom is -1.00 e. The second kappa shape index (κ2) is 8.79. The summed E-state index contributed by atoms with van der Waals surface area (Å²) in [6.45, 7) is 2.02. The van der Waals surface area contributed by atoms with Gasteiger partial charge in [-0.05, 0) is 18.6 Å². The van der Waals surface area contributed by atoms with Crippen molar-refractivity contribution in [3.8, 4) is 0 Å². The molecule has 0 saturated heterocycles. The fourth-order valence-corrected chi connectivity index (χ4v) is 0.448. The van der Waals surface area contributed by atoms with Crippen molar-refractivity contribution in [2.45, 2.75) is 6.92 Å². The Hall–Kier alpha value is -0.308. The molecular weight excluding hydrogens is 152 g/mol. The third-order valence-corrected chi connectivity index (χ3v) is 0.809. The first-order valence-electron chi connectivity index (χ1n) is 3.04. The van der Waals surface area contributed by atoms with E-state index < -0.39 is 7.32 Å².